The number of hydrogen-bond donors (Lipinski definition) is 3. The summed E-state index contributed by atoms with van der Waals surface area (Å²) >= 11 is 0. The number of nitrogens with one attached hydrogen (secondary N) is 2. The Kier molecular flexibility index (Phi) is 6.48. The number of phenols is 1. The number of benzene rings is 1. The number of quaternary nitrogens is 1. The molecule has 1 amide bonds. The van der Waals surface area contributed by atoms with E-state index in [1.165, 1.54) is 25.1 Å². The zero-order valence-electron chi connectivity index (χ0n) is 15.7. The van der Waals surface area contributed by atoms with Gasteiger partial charge in [-0.2, -0.15) is 0 Å². The van der Waals surface area contributed by atoms with Crippen LogP contribution in [0.25, 0.3) is 0 Å². The minimum Gasteiger partial charge on any atom is -0.506 e. The third kappa shape index (κ3) is 5.86. The first-order valence-corrected chi connectivity index (χ1v) is 10.4. The molecule has 0 spiro atoms. The van der Waals surface area contributed by atoms with E-state index in [4.69, 9.17) is 0 Å². The molecule has 1 saturated heterocycles. The third-order valence-electron chi connectivity index (χ3n) is 4.76. The Hall–Kier alpha value is -1.84. The van der Waals surface area contributed by atoms with Crippen LogP contribution >= 0.6 is 0 Å². The van der Waals surface area contributed by atoms with Crippen LogP contribution in [0.2, 0.25) is 0 Å². The Morgan fingerprint density at radius 1 is 1.31 bits per heavy atom. The Bertz CT molecular complexity index is 743. The second kappa shape index (κ2) is 8.24. The van der Waals surface area contributed by atoms with Gasteiger partial charge in [0.25, 0.3) is 0 Å². The lowest BCUT2D eigenvalue weighted by molar-refractivity contribution is -0.913. The van der Waals surface area contributed by atoms with Gasteiger partial charge in [0.05, 0.1) is 38.1 Å². The van der Waals surface area contributed by atoms with Crippen LogP contribution in [0.4, 0.5) is 11.4 Å². The normalized spacial score (nSPS) is 17.7. The molecule has 1 aliphatic heterocycles. The number of rotatable bonds is 7. The van der Waals surface area contributed by atoms with E-state index in [2.05, 4.69) is 29.0 Å². The number of piperazine rings is 1. The molecule has 8 nitrogen and oxygen atoms in total. The summed E-state index contributed by atoms with van der Waals surface area (Å²) in [7, 11) is 0.616. The number of nitrogens with zero attached hydrogens (tertiary/aromatic N) is 2. The highest BCUT2D eigenvalue weighted by molar-refractivity contribution is 7.92. The zero-order chi connectivity index (χ0) is 19.4. The second-order valence-electron chi connectivity index (χ2n) is 7.25. The molecule has 146 valence electrons. The number of anilines is 2. The van der Waals surface area contributed by atoms with E-state index in [-0.39, 0.29) is 28.8 Å². The molecule has 3 N–H and O–H groups in total. The van der Waals surface area contributed by atoms with Crippen molar-refractivity contribution in [2.75, 3.05) is 62.6 Å². The van der Waals surface area contributed by atoms with Crippen molar-refractivity contribution in [2.24, 2.45) is 0 Å². The van der Waals surface area contributed by atoms with Gasteiger partial charge in [0.15, 0.2) is 0 Å². The summed E-state index contributed by atoms with van der Waals surface area (Å²) in [5.74, 6) is -0.605. The quantitative estimate of drug-likeness (QED) is 0.478. The molecule has 0 unspecified atom stereocenters. The first kappa shape index (κ1) is 20.5. The van der Waals surface area contributed by atoms with Gasteiger partial charge in [-0.1, -0.05) is 6.07 Å². The van der Waals surface area contributed by atoms with E-state index in [1.54, 1.807) is 0 Å². The number of phenolic OH excluding ortho intramolecular Hbond substituents is 1. The fraction of sp³-hybridized carbons (Fsp3) is 0.588. The van der Waals surface area contributed by atoms with E-state index in [0.29, 0.717) is 6.42 Å². The van der Waals surface area contributed by atoms with Gasteiger partial charge in [-0.25, -0.2) is 8.42 Å². The van der Waals surface area contributed by atoms with Crippen molar-refractivity contribution in [2.45, 2.75) is 13.3 Å². The maximum absolute atomic E-state index is 12.4. The molecule has 0 atom stereocenters. The van der Waals surface area contributed by atoms with Gasteiger partial charge in [0.1, 0.15) is 11.4 Å². The van der Waals surface area contributed by atoms with Crippen molar-refractivity contribution in [1.29, 1.82) is 0 Å². The number of likely N-dealkylation sites (N-methyl/N-ethyl adjacent to an activating group) is 2. The minimum atomic E-state index is -3.64. The number of carbonyl (C=O) groups is 1. The van der Waals surface area contributed by atoms with E-state index >= 15 is 0 Å². The summed E-state index contributed by atoms with van der Waals surface area (Å²) in [5, 5.41) is 12.5. The number of hydrogen-bond acceptors (Lipinski definition) is 5. The monoisotopic (exact) mass is 385 g/mol. The van der Waals surface area contributed by atoms with Crippen LogP contribution in [0.15, 0.2) is 18.2 Å². The average Bonchev–Trinajstić information content (AvgIpc) is 2.53. The summed E-state index contributed by atoms with van der Waals surface area (Å²) < 4.78 is 28.2. The molecule has 1 heterocycles. The van der Waals surface area contributed by atoms with E-state index in [9.17, 15) is 18.3 Å². The molecule has 0 aliphatic carbocycles. The summed E-state index contributed by atoms with van der Waals surface area (Å²) in [4.78, 5) is 13.6. The van der Waals surface area contributed by atoms with Crippen LogP contribution in [0.1, 0.15) is 13.3 Å². The highest BCUT2D eigenvalue weighted by Crippen LogP contribution is 2.32. The lowest BCUT2D eigenvalue weighted by Gasteiger charge is -2.41. The molecule has 26 heavy (non-hydrogen) atoms. The molecule has 0 saturated carbocycles. The standard InChI is InChI=1S/C17H28N4O4S/c1-14(22)18-15-6-4-7-16(23)17(15)19-26(24,25)13-5-10-21(3)11-8-20(2)9-12-21/h4,6-7,19H,5,8-13H2,1-3H3,(H-,18,22,23)/p+1. The van der Waals surface area contributed by atoms with Crippen molar-refractivity contribution < 1.29 is 22.8 Å². The Balaban J connectivity index is 1.98. The van der Waals surface area contributed by atoms with Crippen molar-refractivity contribution in [3.63, 3.8) is 0 Å². The smallest absolute Gasteiger partial charge is 0.233 e. The van der Waals surface area contributed by atoms with E-state index in [1.807, 2.05) is 0 Å². The first-order chi connectivity index (χ1) is 12.1. The van der Waals surface area contributed by atoms with Crippen LogP contribution in [0.5, 0.6) is 5.75 Å². The molecule has 0 bridgehead atoms. The maximum Gasteiger partial charge on any atom is 0.233 e. The van der Waals surface area contributed by atoms with Crippen molar-refractivity contribution in [1.82, 2.24) is 4.90 Å². The largest absolute Gasteiger partial charge is 0.506 e. The Morgan fingerprint density at radius 2 is 1.96 bits per heavy atom. The number of sulfonamides is 1. The van der Waals surface area contributed by atoms with Gasteiger partial charge in [0, 0.05) is 26.4 Å². The molecule has 9 heteroatoms. The molecular formula is C17H29N4O4S+. The van der Waals surface area contributed by atoms with Crippen LogP contribution in [0.3, 0.4) is 0 Å². The number of para-hydroxylation sites is 1. The molecule has 1 aromatic carbocycles. The van der Waals surface area contributed by atoms with Gasteiger partial charge in [-0.15, -0.1) is 0 Å². The first-order valence-electron chi connectivity index (χ1n) is 8.72. The van der Waals surface area contributed by atoms with Gasteiger partial charge >= 0.3 is 0 Å². The Labute approximate surface area is 155 Å². The highest BCUT2D eigenvalue weighted by atomic mass is 32.2. The molecule has 1 aromatic rings. The lowest BCUT2D eigenvalue weighted by atomic mass is 10.2. The predicted molar refractivity (Wildman–Crippen MR) is 103 cm³/mol. The van der Waals surface area contributed by atoms with Gasteiger partial charge < -0.3 is 14.9 Å². The number of aromatic hydroxyl groups is 1. The molecule has 1 fully saturated rings. The van der Waals surface area contributed by atoms with Crippen LogP contribution < -0.4 is 10.0 Å². The number of amides is 1. The third-order valence-corrected chi connectivity index (χ3v) is 6.11. The molecular weight excluding hydrogens is 356 g/mol. The zero-order valence-corrected chi connectivity index (χ0v) is 16.5. The van der Waals surface area contributed by atoms with Crippen molar-refractivity contribution in [3.8, 4) is 5.75 Å². The average molecular weight is 386 g/mol. The summed E-state index contributed by atoms with van der Waals surface area (Å²) in [6.07, 6.45) is 0.526. The van der Waals surface area contributed by atoms with Gasteiger partial charge in [-0.05, 0) is 19.2 Å². The van der Waals surface area contributed by atoms with Crippen molar-refractivity contribution >= 4 is 27.3 Å². The fourth-order valence-corrected chi connectivity index (χ4v) is 4.19. The molecule has 2 rings (SSSR count). The minimum absolute atomic E-state index is 0.00249. The maximum atomic E-state index is 12.4. The predicted octanol–water partition coefficient (Wildman–Crippen LogP) is 0.874. The van der Waals surface area contributed by atoms with Gasteiger partial charge in [0.2, 0.25) is 15.9 Å². The second-order valence-corrected chi connectivity index (χ2v) is 9.09. The SMILES string of the molecule is CC(=O)Nc1cccc(O)c1NS(=O)(=O)CCC[N+]1(C)CCN(C)CC1. The fourth-order valence-electron chi connectivity index (χ4n) is 3.06. The van der Waals surface area contributed by atoms with Crippen LogP contribution in [-0.4, -0.2) is 81.4 Å². The lowest BCUT2D eigenvalue weighted by Crippen LogP contribution is -2.56. The Morgan fingerprint density at radius 3 is 2.58 bits per heavy atom. The summed E-state index contributed by atoms with van der Waals surface area (Å²) in [6, 6.07) is 4.45. The topological polar surface area (TPSA) is 98.7 Å². The van der Waals surface area contributed by atoms with Crippen LogP contribution in [0, 0.1) is 0 Å². The number of carbonyl (C=O) groups excluding carboxylic acids is 1. The highest BCUT2D eigenvalue weighted by Gasteiger charge is 2.27. The van der Waals surface area contributed by atoms with E-state index < -0.39 is 10.0 Å². The summed E-state index contributed by atoms with van der Waals surface area (Å²) in [6.45, 7) is 6.15. The molecule has 0 aromatic heterocycles. The van der Waals surface area contributed by atoms with Gasteiger partial charge in [-0.3, -0.25) is 14.4 Å². The van der Waals surface area contributed by atoms with Crippen LogP contribution in [-0.2, 0) is 14.8 Å². The summed E-state index contributed by atoms with van der Waals surface area (Å²) in [5.41, 5.74) is 0.238. The molecule has 0 radical (unpaired) electrons. The van der Waals surface area contributed by atoms with Crippen molar-refractivity contribution in [3.05, 3.63) is 18.2 Å². The van der Waals surface area contributed by atoms with E-state index in [0.717, 1.165) is 37.2 Å². The molecule has 1 aliphatic rings.